The van der Waals surface area contributed by atoms with Crippen LogP contribution in [-0.2, 0) is 31.4 Å². The summed E-state index contributed by atoms with van der Waals surface area (Å²) in [6.07, 6.45) is 4.49. The third-order valence-electron chi connectivity index (χ3n) is 3.93. The second-order valence-electron chi connectivity index (χ2n) is 5.62. The molecule has 0 saturated carbocycles. The zero-order chi connectivity index (χ0) is 14.8. The van der Waals surface area contributed by atoms with Crippen molar-refractivity contribution in [1.82, 2.24) is 20.0 Å². The highest BCUT2D eigenvalue weighted by Crippen LogP contribution is 2.17. The van der Waals surface area contributed by atoms with Crippen LogP contribution in [0.5, 0.6) is 0 Å². The molecule has 1 unspecified atom stereocenters. The Balaban J connectivity index is 0.00000132. The van der Waals surface area contributed by atoms with Crippen molar-refractivity contribution in [1.29, 1.82) is 0 Å². The van der Waals surface area contributed by atoms with E-state index in [-0.39, 0.29) is 36.8 Å². The normalized spacial score (nSPS) is 15.8. The van der Waals surface area contributed by atoms with Crippen LogP contribution in [0.1, 0.15) is 16.7 Å². The number of halogens is 2. The summed E-state index contributed by atoms with van der Waals surface area (Å²) in [7, 11) is 3.72. The van der Waals surface area contributed by atoms with Gasteiger partial charge in [0.2, 0.25) is 5.91 Å². The summed E-state index contributed by atoms with van der Waals surface area (Å²) < 4.78 is 1.75. The number of fused-ring (bicyclic) bond motifs is 1. The fourth-order valence-corrected chi connectivity index (χ4v) is 2.80. The maximum absolute atomic E-state index is 12.6. The molecule has 2 heterocycles. The Morgan fingerprint density at radius 1 is 1.35 bits per heavy atom. The van der Waals surface area contributed by atoms with Gasteiger partial charge in [-0.25, -0.2) is 0 Å². The van der Waals surface area contributed by atoms with Gasteiger partial charge < -0.3 is 10.2 Å². The standard InChI is InChI=1S/C16H20N4O.2ClH/c1-19(10-12-8-18-20(2)11-12)16(21)15-7-13-5-3-4-6-14(13)9-17-15;;/h3-6,8,11,15,17H,7,9-10H2,1-2H3;2*1H. The number of nitrogens with one attached hydrogen (secondary N) is 1. The van der Waals surface area contributed by atoms with E-state index in [4.69, 9.17) is 0 Å². The Hall–Kier alpha value is -1.56. The van der Waals surface area contributed by atoms with Crippen LogP contribution in [0.4, 0.5) is 0 Å². The average Bonchev–Trinajstić information content (AvgIpc) is 2.91. The van der Waals surface area contributed by atoms with E-state index in [1.165, 1.54) is 11.1 Å². The molecule has 1 N–H and O–H groups in total. The van der Waals surface area contributed by atoms with Crippen molar-refractivity contribution in [3.8, 4) is 0 Å². The van der Waals surface area contributed by atoms with Crippen LogP contribution in [0.2, 0.25) is 0 Å². The zero-order valence-corrected chi connectivity index (χ0v) is 14.9. The molecule has 0 aliphatic carbocycles. The summed E-state index contributed by atoms with van der Waals surface area (Å²) in [6, 6.07) is 8.16. The minimum atomic E-state index is -0.137. The average molecular weight is 357 g/mol. The molecule has 0 fully saturated rings. The Kier molecular flexibility index (Phi) is 7.06. The molecule has 1 aliphatic rings. The third-order valence-corrected chi connectivity index (χ3v) is 3.93. The van der Waals surface area contributed by atoms with Gasteiger partial charge in [-0.2, -0.15) is 5.10 Å². The van der Waals surface area contributed by atoms with E-state index in [1.54, 1.807) is 15.8 Å². The second-order valence-corrected chi connectivity index (χ2v) is 5.62. The van der Waals surface area contributed by atoms with Gasteiger partial charge in [0.1, 0.15) is 0 Å². The van der Waals surface area contributed by atoms with Gasteiger partial charge in [-0.3, -0.25) is 9.48 Å². The molecule has 1 aromatic carbocycles. The fraction of sp³-hybridized carbons (Fsp3) is 0.375. The molecular formula is C16H22Cl2N4O. The van der Waals surface area contributed by atoms with E-state index in [0.717, 1.165) is 18.5 Å². The molecule has 7 heteroatoms. The first-order valence-corrected chi connectivity index (χ1v) is 7.16. The minimum Gasteiger partial charge on any atom is -0.340 e. The number of carbonyl (C=O) groups excluding carboxylic acids is 1. The van der Waals surface area contributed by atoms with Crippen molar-refractivity contribution >= 4 is 30.7 Å². The van der Waals surface area contributed by atoms with E-state index in [9.17, 15) is 4.79 Å². The molecule has 3 rings (SSSR count). The number of hydrogen-bond acceptors (Lipinski definition) is 3. The third kappa shape index (κ3) is 4.47. The summed E-state index contributed by atoms with van der Waals surface area (Å²) in [5.74, 6) is 0.133. The van der Waals surface area contributed by atoms with Crippen molar-refractivity contribution < 1.29 is 4.79 Å². The molecule has 1 amide bonds. The first kappa shape index (κ1) is 19.5. The smallest absolute Gasteiger partial charge is 0.240 e. The van der Waals surface area contributed by atoms with Crippen molar-refractivity contribution in [2.45, 2.75) is 25.6 Å². The number of hydrogen-bond donors (Lipinski definition) is 1. The van der Waals surface area contributed by atoms with Gasteiger partial charge in [-0.15, -0.1) is 24.8 Å². The van der Waals surface area contributed by atoms with Crippen molar-refractivity contribution in [3.05, 3.63) is 53.3 Å². The van der Waals surface area contributed by atoms with Crippen molar-refractivity contribution in [3.63, 3.8) is 0 Å². The topological polar surface area (TPSA) is 50.2 Å². The van der Waals surface area contributed by atoms with Gasteiger partial charge in [0.25, 0.3) is 0 Å². The lowest BCUT2D eigenvalue weighted by Gasteiger charge is -2.28. The van der Waals surface area contributed by atoms with E-state index >= 15 is 0 Å². The van der Waals surface area contributed by atoms with Crippen LogP contribution in [0.3, 0.4) is 0 Å². The van der Waals surface area contributed by atoms with E-state index in [0.29, 0.717) is 6.54 Å². The minimum absolute atomic E-state index is 0. The van der Waals surface area contributed by atoms with Crippen LogP contribution < -0.4 is 5.32 Å². The highest BCUT2D eigenvalue weighted by Gasteiger charge is 2.26. The molecule has 1 aromatic heterocycles. The largest absolute Gasteiger partial charge is 0.340 e. The van der Waals surface area contributed by atoms with Crippen molar-refractivity contribution in [2.75, 3.05) is 7.05 Å². The Morgan fingerprint density at radius 2 is 2.04 bits per heavy atom. The molecule has 1 aliphatic heterocycles. The maximum atomic E-state index is 12.6. The van der Waals surface area contributed by atoms with Gasteiger partial charge in [0.15, 0.2) is 0 Å². The quantitative estimate of drug-likeness (QED) is 0.914. The van der Waals surface area contributed by atoms with Crippen LogP contribution in [0.25, 0.3) is 0 Å². The summed E-state index contributed by atoms with van der Waals surface area (Å²) in [6.45, 7) is 1.35. The molecule has 126 valence electrons. The molecule has 0 saturated heterocycles. The molecule has 5 nitrogen and oxygen atoms in total. The number of likely N-dealkylation sites (N-methyl/N-ethyl adjacent to an activating group) is 1. The van der Waals surface area contributed by atoms with Crippen LogP contribution in [0, 0.1) is 0 Å². The molecule has 2 aromatic rings. The van der Waals surface area contributed by atoms with E-state index < -0.39 is 0 Å². The highest BCUT2D eigenvalue weighted by atomic mass is 35.5. The number of carbonyl (C=O) groups is 1. The van der Waals surface area contributed by atoms with E-state index in [1.807, 2.05) is 32.4 Å². The monoisotopic (exact) mass is 356 g/mol. The second kappa shape index (κ2) is 8.34. The number of aromatic nitrogens is 2. The fourth-order valence-electron chi connectivity index (χ4n) is 2.80. The van der Waals surface area contributed by atoms with E-state index in [2.05, 4.69) is 22.5 Å². The molecule has 0 bridgehead atoms. The van der Waals surface area contributed by atoms with Gasteiger partial charge in [0, 0.05) is 38.9 Å². The first-order chi connectivity index (χ1) is 10.1. The lowest BCUT2D eigenvalue weighted by Crippen LogP contribution is -2.47. The van der Waals surface area contributed by atoms with Gasteiger partial charge in [-0.1, -0.05) is 24.3 Å². The number of aryl methyl sites for hydroxylation is 1. The van der Waals surface area contributed by atoms with Gasteiger partial charge in [-0.05, 0) is 17.5 Å². The number of nitrogens with zero attached hydrogens (tertiary/aromatic N) is 3. The zero-order valence-electron chi connectivity index (χ0n) is 13.2. The lowest BCUT2D eigenvalue weighted by atomic mass is 9.95. The summed E-state index contributed by atoms with van der Waals surface area (Å²) >= 11 is 0. The number of benzene rings is 1. The summed E-state index contributed by atoms with van der Waals surface area (Å²) in [4.78, 5) is 14.3. The molecule has 0 radical (unpaired) electrons. The molecule has 0 spiro atoms. The van der Waals surface area contributed by atoms with Gasteiger partial charge >= 0.3 is 0 Å². The number of rotatable bonds is 3. The van der Waals surface area contributed by atoms with Crippen LogP contribution >= 0.6 is 24.8 Å². The number of amides is 1. The molecular weight excluding hydrogens is 335 g/mol. The lowest BCUT2D eigenvalue weighted by molar-refractivity contribution is -0.132. The summed E-state index contributed by atoms with van der Waals surface area (Å²) in [5, 5.41) is 7.47. The van der Waals surface area contributed by atoms with Gasteiger partial charge in [0.05, 0.1) is 12.2 Å². The van der Waals surface area contributed by atoms with Crippen molar-refractivity contribution in [2.24, 2.45) is 7.05 Å². The highest BCUT2D eigenvalue weighted by molar-refractivity contribution is 5.85. The molecule has 1 atom stereocenters. The van der Waals surface area contributed by atoms with Crippen LogP contribution in [-0.4, -0.2) is 33.7 Å². The predicted octanol–water partition coefficient (Wildman–Crippen LogP) is 1.94. The SMILES string of the molecule is CN(Cc1cnn(C)c1)C(=O)C1Cc2ccccc2CN1.Cl.Cl. The maximum Gasteiger partial charge on any atom is 0.240 e. The Morgan fingerprint density at radius 3 is 2.70 bits per heavy atom. The Bertz CT molecular complexity index is 659. The Labute approximate surface area is 148 Å². The predicted molar refractivity (Wildman–Crippen MR) is 95.0 cm³/mol. The summed E-state index contributed by atoms with van der Waals surface area (Å²) in [5.41, 5.74) is 3.60. The molecule has 23 heavy (non-hydrogen) atoms. The van der Waals surface area contributed by atoms with Crippen LogP contribution in [0.15, 0.2) is 36.7 Å². The first-order valence-electron chi connectivity index (χ1n) is 7.16.